The molecule has 0 bridgehead atoms. The quantitative estimate of drug-likeness (QED) is 0.418. The fraction of sp³-hybridized carbons (Fsp3) is 0.588. The molecular formula is C17H29N3O2. The highest BCUT2D eigenvalue weighted by Crippen LogP contribution is 2.20. The molecule has 0 saturated heterocycles. The van der Waals surface area contributed by atoms with Gasteiger partial charge >= 0.3 is 0 Å². The first-order chi connectivity index (χ1) is 10.7. The summed E-state index contributed by atoms with van der Waals surface area (Å²) in [6.07, 6.45) is 1.95. The van der Waals surface area contributed by atoms with E-state index in [2.05, 4.69) is 47.7 Å². The average molecular weight is 307 g/mol. The van der Waals surface area contributed by atoms with Gasteiger partial charge in [-0.2, -0.15) is 0 Å². The molecule has 0 aromatic heterocycles. The second kappa shape index (κ2) is 10.9. The van der Waals surface area contributed by atoms with E-state index in [1.165, 1.54) is 5.56 Å². The van der Waals surface area contributed by atoms with Crippen LogP contribution in [0.3, 0.4) is 0 Å². The van der Waals surface area contributed by atoms with Crippen LogP contribution in [0, 0.1) is 6.92 Å². The minimum Gasteiger partial charge on any atom is -0.493 e. The summed E-state index contributed by atoms with van der Waals surface area (Å²) in [4.78, 5) is 4.21. The summed E-state index contributed by atoms with van der Waals surface area (Å²) in [6.45, 7) is 7.17. The lowest BCUT2D eigenvalue weighted by Crippen LogP contribution is -2.37. The first kappa shape index (κ1) is 18.3. The molecule has 0 aliphatic carbocycles. The fourth-order valence-corrected chi connectivity index (χ4v) is 1.97. The molecule has 0 spiro atoms. The van der Waals surface area contributed by atoms with Crippen molar-refractivity contribution < 1.29 is 9.47 Å². The Hall–Kier alpha value is -1.75. The van der Waals surface area contributed by atoms with Gasteiger partial charge in [-0.15, -0.1) is 0 Å². The second-order valence-corrected chi connectivity index (χ2v) is 5.16. The van der Waals surface area contributed by atoms with Crippen LogP contribution in [0.15, 0.2) is 23.2 Å². The molecule has 5 nitrogen and oxygen atoms in total. The molecule has 0 saturated carbocycles. The zero-order chi connectivity index (χ0) is 16.2. The maximum Gasteiger partial charge on any atom is 0.191 e. The zero-order valence-corrected chi connectivity index (χ0v) is 14.2. The Morgan fingerprint density at radius 2 is 2.05 bits per heavy atom. The summed E-state index contributed by atoms with van der Waals surface area (Å²) in [6, 6.07) is 6.27. The van der Waals surface area contributed by atoms with E-state index in [4.69, 9.17) is 9.47 Å². The molecule has 0 amide bonds. The molecule has 0 fully saturated rings. The maximum atomic E-state index is 5.89. The molecule has 0 aliphatic rings. The van der Waals surface area contributed by atoms with Crippen LogP contribution in [0.4, 0.5) is 0 Å². The van der Waals surface area contributed by atoms with Gasteiger partial charge in [0.2, 0.25) is 0 Å². The molecule has 0 unspecified atom stereocenters. The first-order valence-electron chi connectivity index (χ1n) is 7.87. The third-order valence-electron chi connectivity index (χ3n) is 3.19. The largest absolute Gasteiger partial charge is 0.493 e. The van der Waals surface area contributed by atoms with Crippen LogP contribution in [0.5, 0.6) is 5.75 Å². The highest BCUT2D eigenvalue weighted by atomic mass is 16.5. The number of methoxy groups -OCH3 is 1. The summed E-state index contributed by atoms with van der Waals surface area (Å²) in [5.41, 5.74) is 2.32. The summed E-state index contributed by atoms with van der Waals surface area (Å²) < 4.78 is 10.9. The van der Waals surface area contributed by atoms with Gasteiger partial charge in [-0.05, 0) is 25.0 Å². The molecule has 0 aliphatic heterocycles. The number of nitrogens with zero attached hydrogens (tertiary/aromatic N) is 1. The third kappa shape index (κ3) is 6.80. The normalized spacial score (nSPS) is 11.4. The second-order valence-electron chi connectivity index (χ2n) is 5.16. The van der Waals surface area contributed by atoms with Crippen molar-refractivity contribution >= 4 is 5.96 Å². The third-order valence-corrected chi connectivity index (χ3v) is 3.19. The topological polar surface area (TPSA) is 54.9 Å². The summed E-state index contributed by atoms with van der Waals surface area (Å²) in [7, 11) is 3.49. The number of aliphatic imine (C=N–C) groups is 1. The van der Waals surface area contributed by atoms with E-state index in [-0.39, 0.29) is 0 Å². The highest BCUT2D eigenvalue weighted by Gasteiger charge is 2.05. The lowest BCUT2D eigenvalue weighted by molar-refractivity contribution is 0.172. The smallest absolute Gasteiger partial charge is 0.191 e. The van der Waals surface area contributed by atoms with Gasteiger partial charge in [0.15, 0.2) is 5.96 Å². The molecule has 1 aromatic rings. The number of hydrogen-bond donors (Lipinski definition) is 2. The van der Waals surface area contributed by atoms with Gasteiger partial charge in [0.05, 0.1) is 6.61 Å². The van der Waals surface area contributed by atoms with E-state index in [0.717, 1.165) is 36.7 Å². The number of rotatable bonds is 9. The molecule has 0 atom stereocenters. The predicted octanol–water partition coefficient (Wildman–Crippen LogP) is 2.49. The van der Waals surface area contributed by atoms with Gasteiger partial charge < -0.3 is 20.1 Å². The molecule has 22 heavy (non-hydrogen) atoms. The van der Waals surface area contributed by atoms with Gasteiger partial charge in [-0.25, -0.2) is 0 Å². The monoisotopic (exact) mass is 307 g/mol. The predicted molar refractivity (Wildman–Crippen MR) is 91.7 cm³/mol. The van der Waals surface area contributed by atoms with Crippen molar-refractivity contribution in [1.82, 2.24) is 10.6 Å². The molecule has 5 heteroatoms. The van der Waals surface area contributed by atoms with E-state index < -0.39 is 0 Å². The van der Waals surface area contributed by atoms with E-state index >= 15 is 0 Å². The summed E-state index contributed by atoms with van der Waals surface area (Å²) >= 11 is 0. The van der Waals surface area contributed by atoms with Gasteiger partial charge in [-0.1, -0.05) is 19.1 Å². The molecule has 0 heterocycles. The number of aryl methyl sites for hydroxylation is 1. The summed E-state index contributed by atoms with van der Waals surface area (Å²) in [5, 5.41) is 6.58. The standard InChI is InChI=1S/C17H29N3O2/c1-5-9-19-17(18-3)20-13-15-8-7-14(2)12-16(15)22-11-6-10-21-4/h7-8,12H,5-6,9-11,13H2,1-4H3,(H2,18,19,20). The van der Waals surface area contributed by atoms with Crippen molar-refractivity contribution in [2.24, 2.45) is 4.99 Å². The number of guanidine groups is 1. The molecule has 2 N–H and O–H groups in total. The van der Waals surface area contributed by atoms with Gasteiger partial charge in [0.25, 0.3) is 0 Å². The van der Waals surface area contributed by atoms with Crippen LogP contribution in [0.25, 0.3) is 0 Å². The Kier molecular flexibility index (Phi) is 9.07. The van der Waals surface area contributed by atoms with Crippen molar-refractivity contribution in [3.05, 3.63) is 29.3 Å². The lowest BCUT2D eigenvalue weighted by atomic mass is 10.1. The van der Waals surface area contributed by atoms with Crippen molar-refractivity contribution in [1.29, 1.82) is 0 Å². The van der Waals surface area contributed by atoms with E-state index in [1.807, 2.05) is 0 Å². The number of hydrogen-bond acceptors (Lipinski definition) is 3. The molecule has 1 aromatic carbocycles. The van der Waals surface area contributed by atoms with Gasteiger partial charge in [-0.3, -0.25) is 4.99 Å². The zero-order valence-electron chi connectivity index (χ0n) is 14.2. The Bertz CT molecular complexity index is 461. The van der Waals surface area contributed by atoms with Crippen molar-refractivity contribution in [3.63, 3.8) is 0 Å². The molecule has 124 valence electrons. The Balaban J connectivity index is 2.60. The van der Waals surface area contributed by atoms with Crippen LogP contribution in [0.2, 0.25) is 0 Å². The molecule has 0 radical (unpaired) electrons. The lowest BCUT2D eigenvalue weighted by Gasteiger charge is -2.15. The van der Waals surface area contributed by atoms with Crippen molar-refractivity contribution in [3.8, 4) is 5.75 Å². The summed E-state index contributed by atoms with van der Waals surface area (Å²) in [5.74, 6) is 1.74. The maximum absolute atomic E-state index is 5.89. The number of nitrogens with one attached hydrogen (secondary N) is 2. The van der Waals surface area contributed by atoms with Crippen LogP contribution >= 0.6 is 0 Å². The highest BCUT2D eigenvalue weighted by molar-refractivity contribution is 5.79. The minimum atomic E-state index is 0.660. The van der Waals surface area contributed by atoms with Crippen LogP contribution in [-0.4, -0.2) is 39.9 Å². The van der Waals surface area contributed by atoms with E-state index in [9.17, 15) is 0 Å². The fourth-order valence-electron chi connectivity index (χ4n) is 1.97. The van der Waals surface area contributed by atoms with Crippen LogP contribution in [-0.2, 0) is 11.3 Å². The Labute approximate surface area is 134 Å². The van der Waals surface area contributed by atoms with E-state index in [1.54, 1.807) is 14.2 Å². The number of ether oxygens (including phenoxy) is 2. The Morgan fingerprint density at radius 3 is 2.73 bits per heavy atom. The Morgan fingerprint density at radius 1 is 1.23 bits per heavy atom. The SMILES string of the molecule is CCCNC(=NC)NCc1ccc(C)cc1OCCCOC. The van der Waals surface area contributed by atoms with E-state index in [0.29, 0.717) is 19.8 Å². The molecule has 1 rings (SSSR count). The molecular weight excluding hydrogens is 278 g/mol. The van der Waals surface area contributed by atoms with Crippen LogP contribution in [0.1, 0.15) is 30.9 Å². The average Bonchev–Trinajstić information content (AvgIpc) is 2.53. The van der Waals surface area contributed by atoms with Gasteiger partial charge in [0, 0.05) is 45.8 Å². The van der Waals surface area contributed by atoms with Crippen molar-refractivity contribution in [2.45, 2.75) is 33.2 Å². The number of benzene rings is 1. The minimum absolute atomic E-state index is 0.660. The first-order valence-corrected chi connectivity index (χ1v) is 7.87. The van der Waals surface area contributed by atoms with Crippen LogP contribution < -0.4 is 15.4 Å². The van der Waals surface area contributed by atoms with Crippen molar-refractivity contribution in [2.75, 3.05) is 33.9 Å². The van der Waals surface area contributed by atoms with Gasteiger partial charge in [0.1, 0.15) is 5.75 Å².